The highest BCUT2D eigenvalue weighted by molar-refractivity contribution is 5.85. The molecule has 6 heteroatoms. The zero-order chi connectivity index (χ0) is 23.3. The van der Waals surface area contributed by atoms with Crippen molar-refractivity contribution in [2.24, 2.45) is 0 Å². The second-order valence-electron chi connectivity index (χ2n) is 7.92. The molecule has 0 fully saturated rings. The highest BCUT2D eigenvalue weighted by atomic mass is 16.5. The Morgan fingerprint density at radius 3 is 2.15 bits per heavy atom. The summed E-state index contributed by atoms with van der Waals surface area (Å²) in [6, 6.07) is 23.4. The minimum Gasteiger partial charge on any atom is -0.467 e. The minimum absolute atomic E-state index is 0.0247. The standard InChI is InChI=1S/C27H32N2O4/c1-2-16-28(27(31)22-32-21-24-12-7-4-8-13-24)20-26(30)29(19-25-14-9-18-33-25)17-15-23-10-5-3-6-11-23/h3-14,18H,2,15-17,19-22H2,1H3. The lowest BCUT2D eigenvalue weighted by Gasteiger charge is -2.27. The van der Waals surface area contributed by atoms with Gasteiger partial charge in [-0.1, -0.05) is 67.6 Å². The molecule has 0 aliphatic rings. The molecule has 0 unspecified atom stereocenters. The monoisotopic (exact) mass is 448 g/mol. The van der Waals surface area contributed by atoms with Crippen molar-refractivity contribution in [2.45, 2.75) is 32.9 Å². The summed E-state index contributed by atoms with van der Waals surface area (Å²) in [5, 5.41) is 0. The maximum Gasteiger partial charge on any atom is 0.249 e. The van der Waals surface area contributed by atoms with Crippen molar-refractivity contribution in [1.29, 1.82) is 0 Å². The number of furan rings is 1. The van der Waals surface area contributed by atoms with E-state index in [0.29, 0.717) is 26.2 Å². The second kappa shape index (κ2) is 13.2. The lowest BCUT2D eigenvalue weighted by molar-refractivity contribution is -0.144. The van der Waals surface area contributed by atoms with E-state index in [2.05, 4.69) is 0 Å². The maximum absolute atomic E-state index is 13.2. The molecule has 33 heavy (non-hydrogen) atoms. The molecule has 3 rings (SSSR count). The SMILES string of the molecule is CCCN(CC(=O)N(CCc1ccccc1)Cc1ccco1)C(=O)COCc1ccccc1. The van der Waals surface area contributed by atoms with Crippen LogP contribution in [-0.4, -0.2) is 47.9 Å². The van der Waals surface area contributed by atoms with Gasteiger partial charge in [-0.3, -0.25) is 9.59 Å². The van der Waals surface area contributed by atoms with Gasteiger partial charge in [0, 0.05) is 13.1 Å². The fourth-order valence-corrected chi connectivity index (χ4v) is 3.54. The Morgan fingerprint density at radius 1 is 0.818 bits per heavy atom. The quantitative estimate of drug-likeness (QED) is 0.391. The Labute approximate surface area is 195 Å². The molecule has 0 N–H and O–H groups in total. The van der Waals surface area contributed by atoms with Gasteiger partial charge in [0.2, 0.25) is 11.8 Å². The molecule has 0 saturated carbocycles. The number of carbonyl (C=O) groups is 2. The fraction of sp³-hybridized carbons (Fsp3) is 0.333. The van der Waals surface area contributed by atoms with Crippen LogP contribution in [0.2, 0.25) is 0 Å². The number of hydrogen-bond acceptors (Lipinski definition) is 4. The summed E-state index contributed by atoms with van der Waals surface area (Å²) in [5.41, 5.74) is 2.17. The highest BCUT2D eigenvalue weighted by Crippen LogP contribution is 2.10. The van der Waals surface area contributed by atoms with Crippen LogP contribution in [0.15, 0.2) is 83.5 Å². The molecule has 6 nitrogen and oxygen atoms in total. The predicted octanol–water partition coefficient (Wildman–Crippen LogP) is 4.31. The van der Waals surface area contributed by atoms with Gasteiger partial charge < -0.3 is 19.0 Å². The molecule has 0 saturated heterocycles. The summed E-state index contributed by atoms with van der Waals surface area (Å²) in [6.45, 7) is 3.75. The van der Waals surface area contributed by atoms with Crippen LogP contribution in [-0.2, 0) is 33.9 Å². The molecule has 1 aromatic heterocycles. The average molecular weight is 449 g/mol. The second-order valence-corrected chi connectivity index (χ2v) is 7.92. The first kappa shape index (κ1) is 24.3. The molecule has 0 radical (unpaired) electrons. The van der Waals surface area contributed by atoms with Crippen molar-refractivity contribution in [3.05, 3.63) is 95.9 Å². The molecule has 0 aliphatic heterocycles. The third-order valence-electron chi connectivity index (χ3n) is 5.30. The van der Waals surface area contributed by atoms with Crippen LogP contribution in [0.25, 0.3) is 0 Å². The molecular formula is C27H32N2O4. The van der Waals surface area contributed by atoms with Crippen molar-refractivity contribution in [3.63, 3.8) is 0 Å². The highest BCUT2D eigenvalue weighted by Gasteiger charge is 2.22. The first-order valence-corrected chi connectivity index (χ1v) is 11.4. The number of benzene rings is 2. The van der Waals surface area contributed by atoms with Crippen molar-refractivity contribution < 1.29 is 18.7 Å². The van der Waals surface area contributed by atoms with E-state index in [1.165, 1.54) is 0 Å². The number of ether oxygens (including phenoxy) is 1. The molecule has 0 atom stereocenters. The number of hydrogen-bond donors (Lipinski definition) is 0. The van der Waals surface area contributed by atoms with Gasteiger partial charge in [-0.2, -0.15) is 0 Å². The van der Waals surface area contributed by atoms with E-state index in [4.69, 9.17) is 9.15 Å². The van der Waals surface area contributed by atoms with Crippen LogP contribution in [0, 0.1) is 0 Å². The number of amides is 2. The van der Waals surface area contributed by atoms with Crippen LogP contribution in [0.1, 0.15) is 30.2 Å². The lowest BCUT2D eigenvalue weighted by Crippen LogP contribution is -2.44. The topological polar surface area (TPSA) is 63.0 Å². The molecule has 0 spiro atoms. The summed E-state index contributed by atoms with van der Waals surface area (Å²) in [6.07, 6.45) is 3.10. The number of nitrogens with zero attached hydrogens (tertiary/aromatic N) is 2. The van der Waals surface area contributed by atoms with E-state index >= 15 is 0 Å². The molecule has 3 aromatic rings. The molecule has 0 bridgehead atoms. The van der Waals surface area contributed by atoms with Crippen molar-refractivity contribution in [3.8, 4) is 0 Å². The van der Waals surface area contributed by atoms with Crippen LogP contribution in [0.4, 0.5) is 0 Å². The first-order chi connectivity index (χ1) is 16.2. The van der Waals surface area contributed by atoms with Gasteiger partial charge in [0.15, 0.2) is 0 Å². The molecule has 2 aromatic carbocycles. The Kier molecular flexibility index (Phi) is 9.73. The summed E-state index contributed by atoms with van der Waals surface area (Å²) in [7, 11) is 0. The Hall–Kier alpha value is -3.38. The van der Waals surface area contributed by atoms with Crippen LogP contribution in [0.3, 0.4) is 0 Å². The minimum atomic E-state index is -0.179. The predicted molar refractivity (Wildman–Crippen MR) is 127 cm³/mol. The summed E-state index contributed by atoms with van der Waals surface area (Å²) in [5.74, 6) is 0.435. The Balaban J connectivity index is 1.58. The first-order valence-electron chi connectivity index (χ1n) is 11.4. The maximum atomic E-state index is 13.2. The molecule has 174 valence electrons. The van der Waals surface area contributed by atoms with E-state index in [1.54, 1.807) is 16.1 Å². The van der Waals surface area contributed by atoms with Crippen molar-refractivity contribution in [1.82, 2.24) is 9.80 Å². The van der Waals surface area contributed by atoms with Gasteiger partial charge in [0.05, 0.1) is 26.0 Å². The zero-order valence-corrected chi connectivity index (χ0v) is 19.2. The van der Waals surface area contributed by atoms with Gasteiger partial charge in [0.25, 0.3) is 0 Å². The van der Waals surface area contributed by atoms with Crippen LogP contribution in [0.5, 0.6) is 0 Å². The summed E-state index contributed by atoms with van der Waals surface area (Å²) >= 11 is 0. The largest absolute Gasteiger partial charge is 0.467 e. The fourth-order valence-electron chi connectivity index (χ4n) is 3.54. The van der Waals surface area contributed by atoms with E-state index in [9.17, 15) is 9.59 Å². The van der Waals surface area contributed by atoms with E-state index in [1.807, 2.05) is 79.7 Å². The molecular weight excluding hydrogens is 416 g/mol. The lowest BCUT2D eigenvalue weighted by atomic mass is 10.1. The van der Waals surface area contributed by atoms with Gasteiger partial charge >= 0.3 is 0 Å². The Morgan fingerprint density at radius 2 is 1.52 bits per heavy atom. The Bertz CT molecular complexity index is 958. The van der Waals surface area contributed by atoms with Crippen LogP contribution >= 0.6 is 0 Å². The van der Waals surface area contributed by atoms with E-state index < -0.39 is 0 Å². The van der Waals surface area contributed by atoms with Gasteiger partial charge in [-0.25, -0.2) is 0 Å². The van der Waals surface area contributed by atoms with E-state index in [0.717, 1.165) is 29.7 Å². The average Bonchev–Trinajstić information content (AvgIpc) is 3.36. The molecule has 0 aliphatic carbocycles. The van der Waals surface area contributed by atoms with Crippen molar-refractivity contribution >= 4 is 11.8 Å². The third kappa shape index (κ3) is 8.24. The normalized spacial score (nSPS) is 10.7. The third-order valence-corrected chi connectivity index (χ3v) is 5.30. The van der Waals surface area contributed by atoms with Gasteiger partial charge in [-0.15, -0.1) is 0 Å². The van der Waals surface area contributed by atoms with Crippen LogP contribution < -0.4 is 0 Å². The molecule has 2 amide bonds. The number of rotatable bonds is 13. The summed E-state index contributed by atoms with van der Waals surface area (Å²) < 4.78 is 11.1. The zero-order valence-electron chi connectivity index (χ0n) is 19.2. The van der Waals surface area contributed by atoms with Gasteiger partial charge in [0.1, 0.15) is 12.4 Å². The van der Waals surface area contributed by atoms with E-state index in [-0.39, 0.29) is 25.0 Å². The summed E-state index contributed by atoms with van der Waals surface area (Å²) in [4.78, 5) is 29.4. The smallest absolute Gasteiger partial charge is 0.249 e. The van der Waals surface area contributed by atoms with Crippen molar-refractivity contribution in [2.75, 3.05) is 26.2 Å². The molecule has 1 heterocycles. The number of carbonyl (C=O) groups excluding carboxylic acids is 2. The van der Waals surface area contributed by atoms with Gasteiger partial charge in [-0.05, 0) is 36.1 Å².